The van der Waals surface area contributed by atoms with Crippen LogP contribution in [0.5, 0.6) is 5.75 Å². The van der Waals surface area contributed by atoms with Crippen LogP contribution in [-0.4, -0.2) is 21.1 Å². The molecule has 2 aromatic heterocycles. The fourth-order valence-corrected chi connectivity index (χ4v) is 8.64. The monoisotopic (exact) mass is 661 g/mol. The standard InChI is InChI=1S/C45H31N3OS/c1-3-10-28(11-4-1)29-18-20-30(21-19-29)32-23-25-38-37(26-32)42-36(15-9-16-39(42)49-38)45-47-43(31-12-5-2-6-13-31)46-44(48-45)33-22-24-35-34-14-7-8-17-40(34)50-41(35)27-33/h1-12,14-27,31,39,42H,13H2. The van der Waals surface area contributed by atoms with Crippen molar-refractivity contribution >= 4 is 37.1 Å². The lowest BCUT2D eigenvalue weighted by Gasteiger charge is -2.23. The van der Waals surface area contributed by atoms with Crippen LogP contribution in [0.3, 0.4) is 0 Å². The Bertz CT molecular complexity index is 2560. The molecule has 10 rings (SSSR count). The first kappa shape index (κ1) is 29.0. The predicted molar refractivity (Wildman–Crippen MR) is 205 cm³/mol. The molecule has 3 aliphatic rings. The molecule has 0 fully saturated rings. The molecule has 0 saturated carbocycles. The van der Waals surface area contributed by atoms with E-state index in [-0.39, 0.29) is 17.9 Å². The Kier molecular flexibility index (Phi) is 6.91. The maximum absolute atomic E-state index is 6.55. The first-order valence-electron chi connectivity index (χ1n) is 17.1. The van der Waals surface area contributed by atoms with E-state index in [1.807, 2.05) is 11.3 Å². The molecule has 0 amide bonds. The minimum atomic E-state index is -0.128. The van der Waals surface area contributed by atoms with E-state index in [0.717, 1.165) is 40.3 Å². The Morgan fingerprint density at radius 2 is 1.32 bits per heavy atom. The average molecular weight is 662 g/mol. The van der Waals surface area contributed by atoms with Crippen LogP contribution >= 0.6 is 11.3 Å². The summed E-state index contributed by atoms with van der Waals surface area (Å²) in [5.74, 6) is 3.16. The summed E-state index contributed by atoms with van der Waals surface area (Å²) in [4.78, 5) is 15.5. The highest BCUT2D eigenvalue weighted by Gasteiger charge is 2.39. The fourth-order valence-electron chi connectivity index (χ4n) is 7.49. The summed E-state index contributed by atoms with van der Waals surface area (Å²) >= 11 is 1.81. The molecule has 0 radical (unpaired) electrons. The third kappa shape index (κ3) is 5.01. The van der Waals surface area contributed by atoms with Gasteiger partial charge in [0.2, 0.25) is 0 Å². The zero-order chi connectivity index (χ0) is 33.0. The second kappa shape index (κ2) is 11.9. The Balaban J connectivity index is 1.05. The summed E-state index contributed by atoms with van der Waals surface area (Å²) in [5.41, 5.74) is 7.96. The van der Waals surface area contributed by atoms with Gasteiger partial charge in [0.05, 0.1) is 5.92 Å². The molecule has 4 nitrogen and oxygen atoms in total. The molecule has 50 heavy (non-hydrogen) atoms. The molecule has 0 N–H and O–H groups in total. The van der Waals surface area contributed by atoms with Crippen LogP contribution in [0.1, 0.15) is 35.5 Å². The van der Waals surface area contributed by atoms with E-state index in [1.54, 1.807) is 0 Å². The lowest BCUT2D eigenvalue weighted by atomic mass is 9.83. The zero-order valence-electron chi connectivity index (χ0n) is 27.1. The minimum Gasteiger partial charge on any atom is -0.485 e. The van der Waals surface area contributed by atoms with Gasteiger partial charge in [0, 0.05) is 42.8 Å². The van der Waals surface area contributed by atoms with Gasteiger partial charge in [-0.2, -0.15) is 0 Å². The van der Waals surface area contributed by atoms with E-state index in [0.29, 0.717) is 11.6 Å². The maximum atomic E-state index is 6.55. The van der Waals surface area contributed by atoms with Gasteiger partial charge in [-0.1, -0.05) is 127 Å². The van der Waals surface area contributed by atoms with Gasteiger partial charge in [-0.15, -0.1) is 11.3 Å². The highest BCUT2D eigenvalue weighted by Crippen LogP contribution is 2.49. The molecule has 5 aromatic carbocycles. The van der Waals surface area contributed by atoms with Crippen LogP contribution in [0.2, 0.25) is 0 Å². The SMILES string of the molecule is C1=CCC(c2nc(C3=CC=CC4Oc5ccc(-c6ccc(-c7ccccc7)cc6)cc5C34)nc(-c3ccc4c(c3)sc3ccccc34)n2)C=C1. The van der Waals surface area contributed by atoms with Crippen LogP contribution in [0, 0.1) is 0 Å². The van der Waals surface area contributed by atoms with E-state index >= 15 is 0 Å². The van der Waals surface area contributed by atoms with Crippen molar-refractivity contribution in [2.75, 3.05) is 0 Å². The molecule has 7 aromatic rings. The number of nitrogens with zero attached hydrogens (tertiary/aromatic N) is 3. The molecule has 238 valence electrons. The van der Waals surface area contributed by atoms with Crippen molar-refractivity contribution in [2.45, 2.75) is 24.4 Å². The van der Waals surface area contributed by atoms with Crippen molar-refractivity contribution in [1.29, 1.82) is 0 Å². The van der Waals surface area contributed by atoms with Crippen LogP contribution < -0.4 is 4.74 Å². The Morgan fingerprint density at radius 3 is 2.18 bits per heavy atom. The molecule has 1 aliphatic heterocycles. The number of aromatic nitrogens is 3. The smallest absolute Gasteiger partial charge is 0.163 e. The molecular formula is C45H31N3OS. The normalized spacial score (nSPS) is 19.0. The molecule has 0 bridgehead atoms. The maximum Gasteiger partial charge on any atom is 0.163 e. The number of hydrogen-bond acceptors (Lipinski definition) is 5. The summed E-state index contributed by atoms with van der Waals surface area (Å²) < 4.78 is 9.07. The third-order valence-corrected chi connectivity index (χ3v) is 11.2. The number of thiophene rings is 1. The topological polar surface area (TPSA) is 47.9 Å². The fraction of sp³-hybridized carbons (Fsp3) is 0.0889. The van der Waals surface area contributed by atoms with Crippen molar-refractivity contribution in [3.63, 3.8) is 0 Å². The molecule has 3 heterocycles. The molecule has 0 spiro atoms. The molecule has 3 unspecified atom stereocenters. The molecule has 0 saturated heterocycles. The van der Waals surface area contributed by atoms with E-state index in [1.165, 1.54) is 36.9 Å². The zero-order valence-corrected chi connectivity index (χ0v) is 27.9. The summed E-state index contributed by atoms with van der Waals surface area (Å²) in [7, 11) is 0. The number of hydrogen-bond donors (Lipinski definition) is 0. The first-order valence-corrected chi connectivity index (χ1v) is 17.9. The third-order valence-electron chi connectivity index (χ3n) is 10.0. The average Bonchev–Trinajstić information content (AvgIpc) is 3.76. The van der Waals surface area contributed by atoms with Crippen LogP contribution in [0.15, 0.2) is 158 Å². The quantitative estimate of drug-likeness (QED) is 0.184. The highest BCUT2D eigenvalue weighted by molar-refractivity contribution is 7.25. The number of ether oxygens (including phenoxy) is 1. The number of fused-ring (bicyclic) bond motifs is 6. The van der Waals surface area contributed by atoms with E-state index < -0.39 is 0 Å². The molecule has 3 atom stereocenters. The van der Waals surface area contributed by atoms with E-state index in [2.05, 4.69) is 158 Å². The second-order valence-electron chi connectivity index (χ2n) is 13.1. The van der Waals surface area contributed by atoms with E-state index in [4.69, 9.17) is 19.7 Å². The number of benzene rings is 5. The second-order valence-corrected chi connectivity index (χ2v) is 14.2. The molecule has 5 heteroatoms. The van der Waals surface area contributed by atoms with Crippen LogP contribution in [0.4, 0.5) is 0 Å². The summed E-state index contributed by atoms with van der Waals surface area (Å²) in [6.07, 6.45) is 15.7. The van der Waals surface area contributed by atoms with Crippen LogP contribution in [-0.2, 0) is 0 Å². The lowest BCUT2D eigenvalue weighted by molar-refractivity contribution is 0.271. The predicted octanol–water partition coefficient (Wildman–Crippen LogP) is 11.3. The minimum absolute atomic E-state index is 0.0338. The van der Waals surface area contributed by atoms with Gasteiger partial charge in [-0.05, 0) is 59.0 Å². The van der Waals surface area contributed by atoms with Gasteiger partial charge in [0.1, 0.15) is 17.7 Å². The van der Waals surface area contributed by atoms with Gasteiger partial charge in [-0.3, -0.25) is 0 Å². The summed E-state index contributed by atoms with van der Waals surface area (Å²) in [5, 5.41) is 2.55. The van der Waals surface area contributed by atoms with Crippen molar-refractivity contribution < 1.29 is 4.74 Å². The van der Waals surface area contributed by atoms with Crippen LogP contribution in [0.25, 0.3) is 59.4 Å². The van der Waals surface area contributed by atoms with Crippen molar-refractivity contribution in [1.82, 2.24) is 15.0 Å². The van der Waals surface area contributed by atoms with Gasteiger partial charge in [0.15, 0.2) is 11.6 Å². The van der Waals surface area contributed by atoms with Gasteiger partial charge in [-0.25, -0.2) is 15.0 Å². The van der Waals surface area contributed by atoms with Gasteiger partial charge < -0.3 is 4.74 Å². The van der Waals surface area contributed by atoms with Crippen molar-refractivity contribution in [3.8, 4) is 39.4 Å². The van der Waals surface area contributed by atoms with Gasteiger partial charge >= 0.3 is 0 Å². The summed E-state index contributed by atoms with van der Waals surface area (Å²) in [6.45, 7) is 0. The lowest BCUT2D eigenvalue weighted by Crippen LogP contribution is -2.21. The van der Waals surface area contributed by atoms with Crippen molar-refractivity contribution in [2.24, 2.45) is 0 Å². The highest BCUT2D eigenvalue weighted by atomic mass is 32.1. The van der Waals surface area contributed by atoms with E-state index in [9.17, 15) is 0 Å². The molecular weight excluding hydrogens is 631 g/mol. The Labute approximate surface area is 294 Å². The number of rotatable bonds is 5. The van der Waals surface area contributed by atoms with Crippen molar-refractivity contribution in [3.05, 3.63) is 175 Å². The number of allylic oxidation sites excluding steroid dienone is 6. The van der Waals surface area contributed by atoms with Gasteiger partial charge in [0.25, 0.3) is 0 Å². The Morgan fingerprint density at radius 1 is 0.580 bits per heavy atom. The summed E-state index contributed by atoms with van der Waals surface area (Å²) in [6, 6.07) is 41.1. The molecule has 2 aliphatic carbocycles. The first-order chi connectivity index (χ1) is 24.7. The largest absolute Gasteiger partial charge is 0.485 e. The Hall–Kier alpha value is -5.91.